The zero-order valence-corrected chi connectivity index (χ0v) is 20.3. The van der Waals surface area contributed by atoms with Gasteiger partial charge in [0.05, 0.1) is 11.3 Å². The summed E-state index contributed by atoms with van der Waals surface area (Å²) < 4.78 is 31.7. The molecule has 0 aromatic carbocycles. The van der Waals surface area contributed by atoms with Crippen molar-refractivity contribution in [3.05, 3.63) is 53.7 Å². The second kappa shape index (κ2) is 10.9. The second-order valence-corrected chi connectivity index (χ2v) is 8.65. The van der Waals surface area contributed by atoms with Crippen molar-refractivity contribution >= 4 is 11.9 Å². The first-order valence-corrected chi connectivity index (χ1v) is 11.1. The molecule has 12 heteroatoms. The first-order chi connectivity index (χ1) is 16.9. The van der Waals surface area contributed by atoms with Gasteiger partial charge in [0.15, 0.2) is 5.82 Å². The number of amides is 1. The van der Waals surface area contributed by atoms with Crippen molar-refractivity contribution in [3.8, 4) is 22.6 Å². The van der Waals surface area contributed by atoms with Gasteiger partial charge in [-0.05, 0) is 58.1 Å². The predicted molar refractivity (Wildman–Crippen MR) is 126 cm³/mol. The number of nitrogens with one attached hydrogen (secondary N) is 1. The molecule has 0 unspecified atom stereocenters. The Morgan fingerprint density at radius 1 is 1.17 bits per heavy atom. The molecule has 0 spiro atoms. The number of likely N-dealkylation sites (N-methyl/N-ethyl adjacent to an activating group) is 1. The van der Waals surface area contributed by atoms with Crippen molar-refractivity contribution in [1.29, 1.82) is 0 Å². The molecule has 36 heavy (non-hydrogen) atoms. The molecule has 1 amide bonds. The third-order valence-corrected chi connectivity index (χ3v) is 5.87. The van der Waals surface area contributed by atoms with Crippen molar-refractivity contribution < 1.29 is 27.9 Å². The van der Waals surface area contributed by atoms with E-state index in [9.17, 15) is 18.0 Å². The van der Waals surface area contributed by atoms with Crippen molar-refractivity contribution in [3.63, 3.8) is 0 Å². The monoisotopic (exact) mass is 504 g/mol. The quantitative estimate of drug-likeness (QED) is 0.558. The molecule has 1 aliphatic rings. The Kier molecular flexibility index (Phi) is 8.08. The molecule has 0 aliphatic carbocycles. The number of nitrogens with zero attached hydrogens (tertiary/aromatic N) is 5. The van der Waals surface area contributed by atoms with Crippen molar-refractivity contribution in [2.24, 2.45) is 0 Å². The summed E-state index contributed by atoms with van der Waals surface area (Å²) >= 11 is 0. The van der Waals surface area contributed by atoms with Gasteiger partial charge in [-0.15, -0.1) is 0 Å². The zero-order chi connectivity index (χ0) is 26.6. The lowest BCUT2D eigenvalue weighted by Crippen LogP contribution is -2.34. The van der Waals surface area contributed by atoms with E-state index in [-0.39, 0.29) is 5.91 Å². The molecule has 0 radical (unpaired) electrons. The number of aromatic nitrogens is 4. The molecule has 0 saturated carbocycles. The smallest absolute Gasteiger partial charge is 0.475 e. The Labute approximate surface area is 206 Å². The Hall–Kier alpha value is -3.80. The number of pyridine rings is 2. The molecule has 1 atom stereocenters. The number of carboxylic acid groups (broad SMARTS) is 1. The number of H-pyrrole nitrogens is 1. The summed E-state index contributed by atoms with van der Waals surface area (Å²) in [4.78, 5) is 42.5. The molecular weight excluding hydrogens is 477 g/mol. The van der Waals surface area contributed by atoms with Gasteiger partial charge in [-0.2, -0.15) is 13.2 Å². The van der Waals surface area contributed by atoms with Gasteiger partial charge >= 0.3 is 12.1 Å². The van der Waals surface area contributed by atoms with Gasteiger partial charge in [0, 0.05) is 49.0 Å². The van der Waals surface area contributed by atoms with E-state index >= 15 is 0 Å². The lowest BCUT2D eigenvalue weighted by molar-refractivity contribution is -0.192. The average Bonchev–Trinajstić information content (AvgIpc) is 3.46. The molecule has 0 bridgehead atoms. The third-order valence-electron chi connectivity index (χ3n) is 5.87. The Bertz CT molecular complexity index is 1220. The summed E-state index contributed by atoms with van der Waals surface area (Å²) in [6.45, 7) is 5.50. The maximum absolute atomic E-state index is 13.0. The Morgan fingerprint density at radius 2 is 1.86 bits per heavy atom. The molecule has 3 aromatic heterocycles. The summed E-state index contributed by atoms with van der Waals surface area (Å²) in [6.07, 6.45) is 1.10. The maximum atomic E-state index is 13.0. The van der Waals surface area contributed by atoms with Crippen LogP contribution in [-0.2, 0) is 4.79 Å². The fourth-order valence-electron chi connectivity index (χ4n) is 3.65. The van der Waals surface area contributed by atoms with E-state index in [0.29, 0.717) is 11.6 Å². The summed E-state index contributed by atoms with van der Waals surface area (Å²) in [5.74, 6) is -1.98. The summed E-state index contributed by atoms with van der Waals surface area (Å²) in [7, 11) is 4.12. The van der Waals surface area contributed by atoms with Gasteiger partial charge in [0.1, 0.15) is 5.69 Å². The van der Waals surface area contributed by atoms with Crippen LogP contribution in [0.1, 0.15) is 28.2 Å². The topological polar surface area (TPSA) is 115 Å². The zero-order valence-electron chi connectivity index (χ0n) is 20.3. The van der Waals surface area contributed by atoms with E-state index < -0.39 is 12.1 Å². The average molecular weight is 505 g/mol. The van der Waals surface area contributed by atoms with Gasteiger partial charge in [0.2, 0.25) is 0 Å². The normalized spacial score (nSPS) is 15.6. The number of imidazole rings is 1. The van der Waals surface area contributed by atoms with Crippen LogP contribution in [0.4, 0.5) is 13.2 Å². The summed E-state index contributed by atoms with van der Waals surface area (Å²) in [5, 5.41) is 7.12. The first-order valence-electron chi connectivity index (χ1n) is 11.1. The minimum absolute atomic E-state index is 0.0373. The molecule has 1 aliphatic heterocycles. The lowest BCUT2D eigenvalue weighted by Gasteiger charge is -2.20. The van der Waals surface area contributed by atoms with Crippen LogP contribution in [0, 0.1) is 13.8 Å². The van der Waals surface area contributed by atoms with Crippen LogP contribution in [0.25, 0.3) is 22.6 Å². The number of carbonyl (C=O) groups excluding carboxylic acids is 1. The number of carbonyl (C=O) groups is 2. The number of alkyl halides is 3. The van der Waals surface area contributed by atoms with E-state index in [2.05, 4.69) is 38.9 Å². The number of rotatable bonds is 4. The van der Waals surface area contributed by atoms with Crippen LogP contribution < -0.4 is 0 Å². The van der Waals surface area contributed by atoms with Gasteiger partial charge in [0.25, 0.3) is 5.91 Å². The number of aromatic amines is 1. The molecule has 3 aromatic rings. The third kappa shape index (κ3) is 6.45. The van der Waals surface area contributed by atoms with E-state index in [1.54, 1.807) is 18.6 Å². The molecule has 4 rings (SSSR count). The van der Waals surface area contributed by atoms with Crippen molar-refractivity contribution in [2.45, 2.75) is 32.5 Å². The first kappa shape index (κ1) is 26.8. The maximum Gasteiger partial charge on any atom is 0.490 e. The van der Waals surface area contributed by atoms with Gasteiger partial charge in [-0.25, -0.2) is 9.78 Å². The fraction of sp³-hybridized carbons (Fsp3) is 0.375. The molecular formula is C24H27F3N6O3. The van der Waals surface area contributed by atoms with Gasteiger partial charge < -0.3 is 19.9 Å². The number of aliphatic carboxylic acids is 1. The Balaban J connectivity index is 0.000000454. The number of carboxylic acids is 1. The van der Waals surface area contributed by atoms with Crippen LogP contribution in [0.15, 0.2) is 36.8 Å². The highest BCUT2D eigenvalue weighted by Crippen LogP contribution is 2.25. The SMILES string of the molecule is Cc1nc(-c2cc(-c3cncc(C(=O)N4CC[C@@H](N(C)C)C4)c3)ccn2)[nH]c1C.O=C(O)C(F)(F)F. The highest BCUT2D eigenvalue weighted by atomic mass is 19.4. The summed E-state index contributed by atoms with van der Waals surface area (Å²) in [6, 6.07) is 6.23. The summed E-state index contributed by atoms with van der Waals surface area (Å²) in [5.41, 5.74) is 5.22. The Morgan fingerprint density at radius 3 is 2.42 bits per heavy atom. The van der Waals surface area contributed by atoms with E-state index in [4.69, 9.17) is 9.90 Å². The minimum atomic E-state index is -5.08. The highest BCUT2D eigenvalue weighted by Gasteiger charge is 2.38. The molecule has 1 fully saturated rings. The molecule has 192 valence electrons. The number of aryl methyl sites for hydroxylation is 2. The molecule has 9 nitrogen and oxygen atoms in total. The van der Waals surface area contributed by atoms with Gasteiger partial charge in [-0.3, -0.25) is 14.8 Å². The number of hydrogen-bond acceptors (Lipinski definition) is 6. The van der Waals surface area contributed by atoms with Crippen LogP contribution >= 0.6 is 0 Å². The fourth-order valence-corrected chi connectivity index (χ4v) is 3.65. The van der Waals surface area contributed by atoms with Crippen molar-refractivity contribution in [2.75, 3.05) is 27.2 Å². The molecule has 4 heterocycles. The number of hydrogen-bond donors (Lipinski definition) is 2. The number of likely N-dealkylation sites (tertiary alicyclic amines) is 1. The van der Waals surface area contributed by atoms with E-state index in [1.807, 2.05) is 36.9 Å². The van der Waals surface area contributed by atoms with Gasteiger partial charge in [-0.1, -0.05) is 0 Å². The largest absolute Gasteiger partial charge is 0.490 e. The van der Waals surface area contributed by atoms with E-state index in [1.165, 1.54) is 0 Å². The minimum Gasteiger partial charge on any atom is -0.475 e. The number of halogens is 3. The van der Waals surface area contributed by atoms with Crippen molar-refractivity contribution in [1.82, 2.24) is 29.7 Å². The lowest BCUT2D eigenvalue weighted by atomic mass is 10.1. The van der Waals surface area contributed by atoms with Crippen LogP contribution in [0.3, 0.4) is 0 Å². The highest BCUT2D eigenvalue weighted by molar-refractivity contribution is 5.95. The van der Waals surface area contributed by atoms with Crippen LogP contribution in [-0.4, -0.2) is 86.1 Å². The molecule has 1 saturated heterocycles. The standard InChI is InChI=1S/C22H26N6O.C2HF3O2/c1-14-15(2)26-21(25-14)20-10-16(5-7-24-20)17-9-18(12-23-11-17)22(29)28-8-6-19(13-28)27(3)4;3-2(4,5)1(6)7/h5,7,9-12,19H,6,8,13H2,1-4H3,(H,25,26);(H,6,7)/t19-;/m1./s1. The van der Waals surface area contributed by atoms with Crippen LogP contribution in [0.2, 0.25) is 0 Å². The predicted octanol–water partition coefficient (Wildman–Crippen LogP) is 3.56. The molecule has 2 N–H and O–H groups in total. The second-order valence-electron chi connectivity index (χ2n) is 8.65. The van der Waals surface area contributed by atoms with E-state index in [0.717, 1.165) is 53.5 Å². The van der Waals surface area contributed by atoms with Crippen LogP contribution in [0.5, 0.6) is 0 Å².